The predicted molar refractivity (Wildman–Crippen MR) is 126 cm³/mol. The van der Waals surface area contributed by atoms with Crippen LogP contribution in [-0.4, -0.2) is 6.61 Å². The van der Waals surface area contributed by atoms with Gasteiger partial charge in [0.2, 0.25) is 0 Å². The van der Waals surface area contributed by atoms with Crippen LogP contribution < -0.4 is 4.74 Å². The van der Waals surface area contributed by atoms with Crippen LogP contribution in [0.4, 0.5) is 0 Å². The van der Waals surface area contributed by atoms with E-state index in [9.17, 15) is 0 Å². The van der Waals surface area contributed by atoms with Crippen molar-refractivity contribution in [2.45, 2.75) is 122 Å². The highest BCUT2D eigenvalue weighted by molar-refractivity contribution is 5.40. The van der Waals surface area contributed by atoms with E-state index in [4.69, 9.17) is 4.74 Å². The first-order chi connectivity index (χ1) is 14.2. The molecule has 2 aliphatic carbocycles. The third-order valence-corrected chi connectivity index (χ3v) is 7.74. The molecule has 1 nitrogen and oxygen atoms in total. The molecule has 2 fully saturated rings. The molecule has 29 heavy (non-hydrogen) atoms. The maximum atomic E-state index is 6.03. The third kappa shape index (κ3) is 6.76. The minimum atomic E-state index is 0.762. The first kappa shape index (κ1) is 22.7. The van der Waals surface area contributed by atoms with E-state index in [1.54, 1.807) is 11.1 Å². The lowest BCUT2D eigenvalue weighted by Gasteiger charge is -2.33. The number of hydrogen-bond donors (Lipinski definition) is 0. The van der Waals surface area contributed by atoms with Crippen LogP contribution in [0.3, 0.4) is 0 Å². The molecule has 0 bridgehead atoms. The molecule has 164 valence electrons. The monoisotopic (exact) mass is 398 g/mol. The van der Waals surface area contributed by atoms with Crippen molar-refractivity contribution in [1.82, 2.24) is 0 Å². The summed E-state index contributed by atoms with van der Waals surface area (Å²) in [6.45, 7) is 7.77. The van der Waals surface area contributed by atoms with Gasteiger partial charge in [-0.25, -0.2) is 0 Å². The average Bonchev–Trinajstić information content (AvgIpc) is 2.76. The molecular formula is C28H46O. The fourth-order valence-electron chi connectivity index (χ4n) is 5.78. The molecule has 0 unspecified atom stereocenters. The number of unbranched alkanes of at least 4 members (excludes halogenated alkanes) is 3. The number of ether oxygens (including phenoxy) is 1. The molecular weight excluding hydrogens is 352 g/mol. The van der Waals surface area contributed by atoms with Crippen molar-refractivity contribution >= 4 is 0 Å². The second kappa shape index (κ2) is 12.0. The van der Waals surface area contributed by atoms with Gasteiger partial charge in [0.05, 0.1) is 6.61 Å². The van der Waals surface area contributed by atoms with Gasteiger partial charge in [0.1, 0.15) is 5.75 Å². The molecule has 0 heterocycles. The Bertz CT molecular complexity index is 576. The van der Waals surface area contributed by atoms with Crippen LogP contribution in [0.25, 0.3) is 0 Å². The lowest BCUT2D eigenvalue weighted by Crippen LogP contribution is -2.17. The van der Waals surface area contributed by atoms with Crippen molar-refractivity contribution in [3.63, 3.8) is 0 Å². The highest BCUT2D eigenvalue weighted by atomic mass is 16.5. The Labute approximate surface area is 181 Å². The predicted octanol–water partition coefficient (Wildman–Crippen LogP) is 9.01. The van der Waals surface area contributed by atoms with Gasteiger partial charge in [-0.05, 0) is 91.9 Å². The molecule has 0 N–H and O–H groups in total. The zero-order chi connectivity index (χ0) is 20.5. The SMILES string of the molecule is CCCCCCC1CCC(c2ccc(OCCC)cc2C2CCC(C)CC2)CC1. The van der Waals surface area contributed by atoms with Crippen molar-refractivity contribution in [3.8, 4) is 5.75 Å². The van der Waals surface area contributed by atoms with Crippen LogP contribution in [0.2, 0.25) is 0 Å². The fraction of sp³-hybridized carbons (Fsp3) is 0.786. The van der Waals surface area contributed by atoms with E-state index in [1.165, 1.54) is 83.5 Å². The second-order valence-electron chi connectivity index (χ2n) is 10.2. The summed E-state index contributed by atoms with van der Waals surface area (Å²) < 4.78 is 6.03. The van der Waals surface area contributed by atoms with Crippen LogP contribution in [0, 0.1) is 11.8 Å². The van der Waals surface area contributed by atoms with Gasteiger partial charge in [0.25, 0.3) is 0 Å². The summed E-state index contributed by atoms with van der Waals surface area (Å²) in [7, 11) is 0. The Morgan fingerprint density at radius 3 is 2.14 bits per heavy atom. The highest BCUT2D eigenvalue weighted by Crippen LogP contribution is 2.44. The lowest BCUT2D eigenvalue weighted by molar-refractivity contribution is 0.296. The van der Waals surface area contributed by atoms with Crippen LogP contribution in [-0.2, 0) is 0 Å². The molecule has 0 saturated heterocycles. The molecule has 1 aromatic rings. The summed E-state index contributed by atoms with van der Waals surface area (Å²) in [5, 5.41) is 0. The van der Waals surface area contributed by atoms with Gasteiger partial charge in [0.15, 0.2) is 0 Å². The second-order valence-corrected chi connectivity index (χ2v) is 10.2. The molecule has 2 saturated carbocycles. The van der Waals surface area contributed by atoms with E-state index >= 15 is 0 Å². The van der Waals surface area contributed by atoms with Crippen LogP contribution in [0.5, 0.6) is 5.75 Å². The molecule has 1 aromatic carbocycles. The van der Waals surface area contributed by atoms with Gasteiger partial charge in [0, 0.05) is 0 Å². The summed E-state index contributed by atoms with van der Waals surface area (Å²) in [4.78, 5) is 0. The van der Waals surface area contributed by atoms with E-state index in [0.717, 1.165) is 42.4 Å². The van der Waals surface area contributed by atoms with Crippen LogP contribution in [0.1, 0.15) is 134 Å². The maximum absolute atomic E-state index is 6.03. The topological polar surface area (TPSA) is 9.23 Å². The normalized spacial score (nSPS) is 27.7. The number of benzene rings is 1. The molecule has 0 aromatic heterocycles. The maximum Gasteiger partial charge on any atom is 0.119 e. The van der Waals surface area contributed by atoms with Crippen molar-refractivity contribution in [2.24, 2.45) is 11.8 Å². The molecule has 0 amide bonds. The smallest absolute Gasteiger partial charge is 0.119 e. The van der Waals surface area contributed by atoms with Gasteiger partial charge in [-0.2, -0.15) is 0 Å². The molecule has 0 radical (unpaired) electrons. The standard InChI is InChI=1S/C28H46O/c1-4-6-7-8-9-23-12-16-24(17-13-23)27-19-18-26(29-20-5-2)21-28(27)25-14-10-22(3)11-15-25/h18-19,21-25H,4-17,20H2,1-3H3. The van der Waals surface area contributed by atoms with Gasteiger partial charge in [-0.3, -0.25) is 0 Å². The van der Waals surface area contributed by atoms with Gasteiger partial charge < -0.3 is 4.74 Å². The summed E-state index contributed by atoms with van der Waals surface area (Å²) in [5.41, 5.74) is 3.33. The summed E-state index contributed by atoms with van der Waals surface area (Å²) in [6, 6.07) is 7.14. The van der Waals surface area contributed by atoms with E-state index in [0.29, 0.717) is 0 Å². The lowest BCUT2D eigenvalue weighted by atomic mass is 9.72. The largest absolute Gasteiger partial charge is 0.494 e. The van der Waals surface area contributed by atoms with Crippen molar-refractivity contribution in [3.05, 3.63) is 29.3 Å². The number of hydrogen-bond acceptors (Lipinski definition) is 1. The van der Waals surface area contributed by atoms with Crippen LogP contribution in [0.15, 0.2) is 18.2 Å². The van der Waals surface area contributed by atoms with Crippen molar-refractivity contribution < 1.29 is 4.74 Å². The van der Waals surface area contributed by atoms with Crippen molar-refractivity contribution in [2.75, 3.05) is 6.61 Å². The Morgan fingerprint density at radius 2 is 1.45 bits per heavy atom. The first-order valence-electron chi connectivity index (χ1n) is 13.0. The molecule has 3 rings (SSSR count). The Morgan fingerprint density at radius 1 is 0.759 bits per heavy atom. The molecule has 0 atom stereocenters. The highest BCUT2D eigenvalue weighted by Gasteiger charge is 2.28. The third-order valence-electron chi connectivity index (χ3n) is 7.74. The fourth-order valence-corrected chi connectivity index (χ4v) is 5.78. The van der Waals surface area contributed by atoms with Gasteiger partial charge in [-0.1, -0.05) is 71.8 Å². The van der Waals surface area contributed by atoms with Crippen molar-refractivity contribution in [1.29, 1.82) is 0 Å². The van der Waals surface area contributed by atoms with E-state index in [1.807, 2.05) is 0 Å². The number of rotatable bonds is 10. The molecule has 2 aliphatic rings. The zero-order valence-electron chi connectivity index (χ0n) is 19.6. The summed E-state index contributed by atoms with van der Waals surface area (Å²) in [5.74, 6) is 4.56. The van der Waals surface area contributed by atoms with Crippen LogP contribution >= 0.6 is 0 Å². The molecule has 0 spiro atoms. The molecule has 1 heteroatoms. The Kier molecular flexibility index (Phi) is 9.40. The Balaban J connectivity index is 1.64. The quantitative estimate of drug-likeness (QED) is 0.357. The summed E-state index contributed by atoms with van der Waals surface area (Å²) in [6.07, 6.45) is 19.5. The van der Waals surface area contributed by atoms with E-state index < -0.39 is 0 Å². The Hall–Kier alpha value is -0.980. The summed E-state index contributed by atoms with van der Waals surface area (Å²) >= 11 is 0. The zero-order valence-corrected chi connectivity index (χ0v) is 19.6. The minimum absolute atomic E-state index is 0.762. The average molecular weight is 399 g/mol. The van der Waals surface area contributed by atoms with E-state index in [-0.39, 0.29) is 0 Å². The molecule has 0 aliphatic heterocycles. The van der Waals surface area contributed by atoms with Gasteiger partial charge in [-0.15, -0.1) is 0 Å². The van der Waals surface area contributed by atoms with Gasteiger partial charge >= 0.3 is 0 Å². The minimum Gasteiger partial charge on any atom is -0.494 e. The first-order valence-corrected chi connectivity index (χ1v) is 13.0. The van der Waals surface area contributed by atoms with E-state index in [2.05, 4.69) is 39.0 Å².